The maximum atomic E-state index is 13.8. The number of rotatable bonds is 7. The number of methoxy groups -OCH3 is 3. The molecule has 5 rings (SSSR count). The second kappa shape index (κ2) is 11.0. The zero-order chi connectivity index (χ0) is 27.5. The third-order valence-electron chi connectivity index (χ3n) is 6.41. The monoisotopic (exact) mass is 538 g/mol. The summed E-state index contributed by atoms with van der Waals surface area (Å²) in [6.07, 6.45) is 0. The number of carbonyl (C=O) groups excluding carboxylic acids is 2. The Labute approximate surface area is 230 Å². The van der Waals surface area contributed by atoms with Gasteiger partial charge in [0.05, 0.1) is 38.1 Å². The number of ether oxygens (including phenoxy) is 3. The summed E-state index contributed by atoms with van der Waals surface area (Å²) in [6, 6.07) is 22.5. The lowest BCUT2D eigenvalue weighted by atomic mass is 10.0. The van der Waals surface area contributed by atoms with Crippen molar-refractivity contribution >= 4 is 39.1 Å². The summed E-state index contributed by atoms with van der Waals surface area (Å²) in [5, 5.41) is 5.92. The average Bonchev–Trinajstić information content (AvgIpc) is 3.39. The van der Waals surface area contributed by atoms with E-state index in [1.807, 2.05) is 73.0 Å². The molecule has 8 heteroatoms. The first kappa shape index (κ1) is 25.9. The minimum Gasteiger partial charge on any atom is -0.493 e. The van der Waals surface area contributed by atoms with Gasteiger partial charge >= 0.3 is 5.97 Å². The predicted molar refractivity (Wildman–Crippen MR) is 154 cm³/mol. The van der Waals surface area contributed by atoms with E-state index in [1.54, 1.807) is 26.4 Å². The molecule has 5 aromatic rings. The molecule has 7 nitrogen and oxygen atoms in total. The number of aromatic nitrogens is 1. The van der Waals surface area contributed by atoms with E-state index in [2.05, 4.69) is 5.32 Å². The summed E-state index contributed by atoms with van der Waals surface area (Å²) < 4.78 is 15.9. The Morgan fingerprint density at radius 2 is 1.56 bits per heavy atom. The number of pyridine rings is 1. The average molecular weight is 539 g/mol. The normalized spacial score (nSPS) is 10.8. The first-order valence-electron chi connectivity index (χ1n) is 12.1. The molecule has 0 bridgehead atoms. The molecule has 0 unspecified atom stereocenters. The maximum Gasteiger partial charge on any atom is 0.341 e. The lowest BCUT2D eigenvalue weighted by Crippen LogP contribution is -2.15. The van der Waals surface area contributed by atoms with E-state index in [1.165, 1.54) is 18.4 Å². The molecule has 2 aromatic heterocycles. The quantitative estimate of drug-likeness (QED) is 0.225. The Kier molecular flexibility index (Phi) is 7.29. The van der Waals surface area contributed by atoms with Crippen molar-refractivity contribution in [2.45, 2.75) is 6.92 Å². The Morgan fingerprint density at radius 3 is 2.28 bits per heavy atom. The summed E-state index contributed by atoms with van der Waals surface area (Å²) in [5.74, 6) is 0.267. The van der Waals surface area contributed by atoms with E-state index >= 15 is 0 Å². The van der Waals surface area contributed by atoms with Crippen LogP contribution in [0.15, 0.2) is 78.2 Å². The molecular weight excluding hydrogens is 512 g/mol. The number of aryl methyl sites for hydroxylation is 1. The van der Waals surface area contributed by atoms with Crippen LogP contribution in [0.5, 0.6) is 11.5 Å². The van der Waals surface area contributed by atoms with Crippen molar-refractivity contribution in [1.82, 2.24) is 4.98 Å². The Hall–Kier alpha value is -4.69. The molecule has 0 fully saturated rings. The van der Waals surface area contributed by atoms with Gasteiger partial charge in [0.25, 0.3) is 5.91 Å². The van der Waals surface area contributed by atoms with Gasteiger partial charge in [-0.3, -0.25) is 4.79 Å². The van der Waals surface area contributed by atoms with Crippen molar-refractivity contribution < 1.29 is 23.8 Å². The molecule has 39 heavy (non-hydrogen) atoms. The van der Waals surface area contributed by atoms with E-state index in [0.717, 1.165) is 16.7 Å². The fourth-order valence-corrected chi connectivity index (χ4v) is 5.33. The first-order valence-corrected chi connectivity index (χ1v) is 13.0. The van der Waals surface area contributed by atoms with Crippen molar-refractivity contribution in [3.8, 4) is 33.9 Å². The number of carbonyl (C=O) groups is 2. The molecule has 0 spiro atoms. The molecule has 1 amide bonds. The minimum absolute atomic E-state index is 0.318. The molecule has 0 saturated heterocycles. The molecule has 0 saturated carbocycles. The number of benzene rings is 3. The van der Waals surface area contributed by atoms with Crippen LogP contribution in [0.25, 0.3) is 33.3 Å². The van der Waals surface area contributed by atoms with Gasteiger partial charge in [-0.2, -0.15) is 0 Å². The van der Waals surface area contributed by atoms with Gasteiger partial charge < -0.3 is 19.5 Å². The van der Waals surface area contributed by atoms with Crippen molar-refractivity contribution in [3.05, 3.63) is 94.9 Å². The fourth-order valence-electron chi connectivity index (χ4n) is 4.38. The molecule has 0 radical (unpaired) electrons. The number of esters is 1. The molecule has 0 atom stereocenters. The standard InChI is InChI=1S/C31H26N2O5S/c1-18-9-11-19(12-10-18)23-17-39-30(28(23)31(35)38-4)33-29(34)22-16-25(32-24-8-6-5-7-21(22)24)20-13-14-26(36-2)27(15-20)37-3/h5-17H,1-4H3,(H,33,34). The van der Waals surface area contributed by atoms with Crippen LogP contribution in [0.4, 0.5) is 5.00 Å². The SMILES string of the molecule is COC(=O)c1c(-c2ccc(C)cc2)csc1NC(=O)c1cc(-c2ccc(OC)c(OC)c2)nc2ccccc12. The summed E-state index contributed by atoms with van der Waals surface area (Å²) in [6.45, 7) is 2.00. The number of nitrogens with zero attached hydrogens (tertiary/aromatic N) is 1. The van der Waals surface area contributed by atoms with Gasteiger partial charge in [0.1, 0.15) is 10.6 Å². The zero-order valence-corrected chi connectivity index (χ0v) is 22.7. The first-order chi connectivity index (χ1) is 18.9. The van der Waals surface area contributed by atoms with Crippen molar-refractivity contribution in [3.63, 3.8) is 0 Å². The van der Waals surface area contributed by atoms with Crippen LogP contribution in [0.2, 0.25) is 0 Å². The topological polar surface area (TPSA) is 86.8 Å². The summed E-state index contributed by atoms with van der Waals surface area (Å²) in [4.78, 5) is 31.4. The number of thiophene rings is 1. The number of fused-ring (bicyclic) bond motifs is 1. The molecule has 0 aliphatic heterocycles. The van der Waals surface area contributed by atoms with E-state index in [4.69, 9.17) is 19.2 Å². The van der Waals surface area contributed by atoms with Crippen LogP contribution in [-0.4, -0.2) is 38.2 Å². The Bertz CT molecular complexity index is 1690. The number of hydrogen-bond acceptors (Lipinski definition) is 7. The lowest BCUT2D eigenvalue weighted by Gasteiger charge is -2.13. The molecule has 3 aromatic carbocycles. The van der Waals surface area contributed by atoms with Gasteiger partial charge in [0, 0.05) is 21.9 Å². The highest BCUT2D eigenvalue weighted by atomic mass is 32.1. The van der Waals surface area contributed by atoms with E-state index in [9.17, 15) is 9.59 Å². The van der Waals surface area contributed by atoms with E-state index < -0.39 is 5.97 Å². The fraction of sp³-hybridized carbons (Fsp3) is 0.129. The van der Waals surface area contributed by atoms with Crippen LogP contribution >= 0.6 is 11.3 Å². The van der Waals surface area contributed by atoms with Gasteiger partial charge in [-0.1, -0.05) is 48.0 Å². The smallest absolute Gasteiger partial charge is 0.341 e. The van der Waals surface area contributed by atoms with Crippen LogP contribution in [0, 0.1) is 6.92 Å². The lowest BCUT2D eigenvalue weighted by molar-refractivity contribution is 0.0603. The van der Waals surface area contributed by atoms with Crippen LogP contribution in [0.1, 0.15) is 26.3 Å². The minimum atomic E-state index is -0.521. The number of nitrogens with one attached hydrogen (secondary N) is 1. The van der Waals surface area contributed by atoms with Gasteiger partial charge in [-0.05, 0) is 42.8 Å². The van der Waals surface area contributed by atoms with Crippen LogP contribution < -0.4 is 14.8 Å². The molecule has 196 valence electrons. The van der Waals surface area contributed by atoms with Gasteiger partial charge in [-0.15, -0.1) is 11.3 Å². The highest BCUT2D eigenvalue weighted by molar-refractivity contribution is 7.15. The maximum absolute atomic E-state index is 13.8. The number of para-hydroxylation sites is 1. The number of amides is 1. The van der Waals surface area contributed by atoms with Gasteiger partial charge in [0.2, 0.25) is 0 Å². The Morgan fingerprint density at radius 1 is 0.846 bits per heavy atom. The van der Waals surface area contributed by atoms with Crippen LogP contribution in [0.3, 0.4) is 0 Å². The Balaban J connectivity index is 1.58. The summed E-state index contributed by atoms with van der Waals surface area (Å²) in [5.41, 5.74) is 5.44. The number of hydrogen-bond donors (Lipinski definition) is 1. The predicted octanol–water partition coefficient (Wildman–Crippen LogP) is 6.99. The molecule has 2 heterocycles. The van der Waals surface area contributed by atoms with Gasteiger partial charge in [0.15, 0.2) is 11.5 Å². The third-order valence-corrected chi connectivity index (χ3v) is 7.31. The highest BCUT2D eigenvalue weighted by Crippen LogP contribution is 2.37. The second-order valence-corrected chi connectivity index (χ2v) is 9.69. The number of anilines is 1. The summed E-state index contributed by atoms with van der Waals surface area (Å²) >= 11 is 1.28. The second-order valence-electron chi connectivity index (χ2n) is 8.81. The molecule has 1 N–H and O–H groups in total. The molecular formula is C31H26N2O5S. The van der Waals surface area contributed by atoms with Crippen molar-refractivity contribution in [1.29, 1.82) is 0 Å². The van der Waals surface area contributed by atoms with E-state index in [-0.39, 0.29) is 5.91 Å². The largest absolute Gasteiger partial charge is 0.493 e. The molecule has 0 aliphatic carbocycles. The van der Waals surface area contributed by atoms with Crippen LogP contribution in [-0.2, 0) is 4.74 Å². The van der Waals surface area contributed by atoms with Crippen molar-refractivity contribution in [2.75, 3.05) is 26.6 Å². The van der Waals surface area contributed by atoms with E-state index in [0.29, 0.717) is 49.8 Å². The molecule has 0 aliphatic rings. The van der Waals surface area contributed by atoms with Crippen molar-refractivity contribution in [2.24, 2.45) is 0 Å². The van der Waals surface area contributed by atoms with Gasteiger partial charge in [-0.25, -0.2) is 9.78 Å². The third kappa shape index (κ3) is 5.06. The highest BCUT2D eigenvalue weighted by Gasteiger charge is 2.24. The zero-order valence-electron chi connectivity index (χ0n) is 21.9. The summed E-state index contributed by atoms with van der Waals surface area (Å²) in [7, 11) is 4.47.